The number of rotatable bonds is 4. The van der Waals surface area contributed by atoms with Crippen molar-refractivity contribution in [2.45, 2.75) is 42.5 Å². The Morgan fingerprint density at radius 3 is 2.54 bits per heavy atom. The van der Waals surface area contributed by atoms with E-state index in [1.807, 2.05) is 36.4 Å². The van der Waals surface area contributed by atoms with E-state index in [1.54, 1.807) is 18.3 Å². The zero-order valence-electron chi connectivity index (χ0n) is 15.3. The number of aromatic nitrogens is 1. The maximum atomic E-state index is 11.9. The molecule has 0 bridgehead atoms. The van der Waals surface area contributed by atoms with Gasteiger partial charge >= 0.3 is 0 Å². The lowest BCUT2D eigenvalue weighted by atomic mass is 9.81. The van der Waals surface area contributed by atoms with Gasteiger partial charge in [0.1, 0.15) is 0 Å². The molecule has 5 nitrogen and oxygen atoms in total. The van der Waals surface area contributed by atoms with Crippen LogP contribution in [0.5, 0.6) is 0 Å². The number of benzene rings is 2. The van der Waals surface area contributed by atoms with Crippen molar-refractivity contribution in [3.63, 3.8) is 0 Å². The summed E-state index contributed by atoms with van der Waals surface area (Å²) < 4.78 is 23.8. The molecule has 0 saturated heterocycles. The van der Waals surface area contributed by atoms with Crippen molar-refractivity contribution in [3.8, 4) is 0 Å². The molecule has 146 valence electrons. The topological polar surface area (TPSA) is 85.1 Å². The summed E-state index contributed by atoms with van der Waals surface area (Å²) in [6, 6.07) is 15.1. The molecule has 0 radical (unpaired) electrons. The molecule has 0 spiro atoms. The van der Waals surface area contributed by atoms with E-state index in [9.17, 15) is 8.42 Å². The molecule has 1 aliphatic carbocycles. The van der Waals surface area contributed by atoms with Crippen LogP contribution in [0.1, 0.15) is 37.2 Å². The number of nitrogens with two attached hydrogens (primary N) is 1. The number of nitrogens with zero attached hydrogens (tertiary/aromatic N) is 1. The standard InChI is InChI=1S/C21H22ClN3O2S/c22-15-7-10-18-19(11-12-24-20(18)13-15)25-16-8-5-14(6-9-16)17-3-1-2-4-21(17)28(23,26)27/h1-4,7,10-14,16H,5-6,8-9H2,(H,24,25)(H2,23,26,27). The monoisotopic (exact) mass is 415 g/mol. The molecule has 0 aliphatic heterocycles. The summed E-state index contributed by atoms with van der Waals surface area (Å²) in [5.74, 6) is 0.209. The van der Waals surface area contributed by atoms with Gasteiger partial charge in [-0.15, -0.1) is 0 Å². The largest absolute Gasteiger partial charge is 0.382 e. The summed E-state index contributed by atoms with van der Waals surface area (Å²) in [5.41, 5.74) is 2.76. The lowest BCUT2D eigenvalue weighted by molar-refractivity contribution is 0.408. The lowest BCUT2D eigenvalue weighted by Crippen LogP contribution is -2.26. The second-order valence-electron chi connectivity index (χ2n) is 7.30. The van der Waals surface area contributed by atoms with Crippen LogP contribution in [0.25, 0.3) is 10.9 Å². The van der Waals surface area contributed by atoms with Crippen molar-refractivity contribution in [1.29, 1.82) is 0 Å². The van der Waals surface area contributed by atoms with Gasteiger partial charge in [0.2, 0.25) is 10.0 Å². The van der Waals surface area contributed by atoms with E-state index in [-0.39, 0.29) is 10.8 Å². The predicted molar refractivity (Wildman–Crippen MR) is 113 cm³/mol. The molecule has 0 unspecified atom stereocenters. The van der Waals surface area contributed by atoms with E-state index in [0.717, 1.165) is 47.8 Å². The lowest BCUT2D eigenvalue weighted by Gasteiger charge is -2.31. The van der Waals surface area contributed by atoms with E-state index >= 15 is 0 Å². The van der Waals surface area contributed by atoms with Crippen LogP contribution in [0.15, 0.2) is 59.6 Å². The van der Waals surface area contributed by atoms with Crippen LogP contribution >= 0.6 is 11.6 Å². The Labute approximate surface area is 170 Å². The van der Waals surface area contributed by atoms with Gasteiger partial charge in [-0.3, -0.25) is 4.98 Å². The highest BCUT2D eigenvalue weighted by Gasteiger charge is 2.26. The quantitative estimate of drug-likeness (QED) is 0.648. The molecule has 1 aliphatic rings. The van der Waals surface area contributed by atoms with Gasteiger partial charge in [-0.1, -0.05) is 29.8 Å². The van der Waals surface area contributed by atoms with Crippen molar-refractivity contribution >= 4 is 38.2 Å². The van der Waals surface area contributed by atoms with E-state index in [2.05, 4.69) is 10.3 Å². The normalized spacial score (nSPS) is 20.2. The molecule has 7 heteroatoms. The predicted octanol–water partition coefficient (Wildman–Crippen LogP) is 4.67. The Balaban J connectivity index is 1.49. The van der Waals surface area contributed by atoms with Crippen molar-refractivity contribution in [2.75, 3.05) is 5.32 Å². The molecule has 4 rings (SSSR count). The van der Waals surface area contributed by atoms with Gasteiger partial charge in [-0.05, 0) is 67.5 Å². The van der Waals surface area contributed by atoms with Crippen LogP contribution in [0, 0.1) is 0 Å². The first-order valence-corrected chi connectivity index (χ1v) is 11.3. The summed E-state index contributed by atoms with van der Waals surface area (Å²) >= 11 is 6.07. The Bertz CT molecular complexity index is 1110. The molecular weight excluding hydrogens is 394 g/mol. The molecule has 1 aromatic heterocycles. The second kappa shape index (κ2) is 7.70. The highest BCUT2D eigenvalue weighted by molar-refractivity contribution is 7.89. The van der Waals surface area contributed by atoms with Gasteiger partial charge < -0.3 is 5.32 Å². The average Bonchev–Trinajstić information content (AvgIpc) is 2.68. The fraction of sp³-hybridized carbons (Fsp3) is 0.286. The highest BCUT2D eigenvalue weighted by atomic mass is 35.5. The number of pyridine rings is 1. The van der Waals surface area contributed by atoms with Crippen LogP contribution in [0.4, 0.5) is 5.69 Å². The Morgan fingerprint density at radius 1 is 1.04 bits per heavy atom. The highest BCUT2D eigenvalue weighted by Crippen LogP contribution is 2.37. The number of hydrogen-bond acceptors (Lipinski definition) is 4. The maximum absolute atomic E-state index is 11.9. The number of nitrogens with one attached hydrogen (secondary N) is 1. The molecule has 1 fully saturated rings. The molecule has 0 atom stereocenters. The van der Waals surface area contributed by atoms with Gasteiger partial charge in [0.15, 0.2) is 0 Å². The molecule has 2 aromatic carbocycles. The molecule has 1 heterocycles. The molecule has 3 N–H and O–H groups in total. The third-order valence-corrected chi connectivity index (χ3v) is 6.68. The van der Waals surface area contributed by atoms with Crippen LogP contribution in [0.2, 0.25) is 5.02 Å². The van der Waals surface area contributed by atoms with Crippen molar-refractivity contribution in [1.82, 2.24) is 4.98 Å². The number of hydrogen-bond donors (Lipinski definition) is 2. The summed E-state index contributed by atoms with van der Waals surface area (Å²) in [5, 5.41) is 10.8. The van der Waals surface area contributed by atoms with Crippen LogP contribution in [0.3, 0.4) is 0 Å². The SMILES string of the molecule is NS(=O)(=O)c1ccccc1C1CCC(Nc2ccnc3cc(Cl)ccc23)CC1. The number of primary sulfonamides is 1. The Kier molecular flexibility index (Phi) is 5.27. The summed E-state index contributed by atoms with van der Waals surface area (Å²) in [4.78, 5) is 4.64. The minimum Gasteiger partial charge on any atom is -0.382 e. The average molecular weight is 416 g/mol. The fourth-order valence-corrected chi connectivity index (χ4v) is 5.09. The molecular formula is C21H22ClN3O2S. The van der Waals surface area contributed by atoms with E-state index in [4.69, 9.17) is 16.7 Å². The first kappa shape index (κ1) is 19.2. The zero-order chi connectivity index (χ0) is 19.7. The summed E-state index contributed by atoms with van der Waals surface area (Å²) in [6.07, 6.45) is 5.54. The van der Waals surface area contributed by atoms with E-state index in [0.29, 0.717) is 11.1 Å². The zero-order valence-corrected chi connectivity index (χ0v) is 16.9. The smallest absolute Gasteiger partial charge is 0.238 e. The van der Waals surface area contributed by atoms with Crippen LogP contribution in [-0.2, 0) is 10.0 Å². The maximum Gasteiger partial charge on any atom is 0.238 e. The first-order chi connectivity index (χ1) is 13.4. The number of fused-ring (bicyclic) bond motifs is 1. The van der Waals surface area contributed by atoms with Gasteiger partial charge in [-0.25, -0.2) is 13.6 Å². The third kappa shape index (κ3) is 3.99. The second-order valence-corrected chi connectivity index (χ2v) is 9.26. The van der Waals surface area contributed by atoms with Gasteiger partial charge in [0.25, 0.3) is 0 Å². The van der Waals surface area contributed by atoms with Crippen LogP contribution in [-0.4, -0.2) is 19.4 Å². The van der Waals surface area contributed by atoms with Crippen molar-refractivity contribution in [2.24, 2.45) is 5.14 Å². The fourth-order valence-electron chi connectivity index (χ4n) is 4.09. The Morgan fingerprint density at radius 2 is 1.79 bits per heavy atom. The molecule has 28 heavy (non-hydrogen) atoms. The van der Waals surface area contributed by atoms with Gasteiger partial charge in [0, 0.05) is 28.3 Å². The number of sulfonamides is 1. The van der Waals surface area contributed by atoms with Crippen molar-refractivity contribution in [3.05, 3.63) is 65.3 Å². The minimum absolute atomic E-state index is 0.209. The molecule has 3 aromatic rings. The Hall–Kier alpha value is -2.15. The summed E-state index contributed by atoms with van der Waals surface area (Å²) in [6.45, 7) is 0. The number of halogens is 1. The molecule has 0 amide bonds. The van der Waals surface area contributed by atoms with E-state index < -0.39 is 10.0 Å². The molecule has 1 saturated carbocycles. The van der Waals surface area contributed by atoms with Gasteiger partial charge in [0.05, 0.1) is 10.4 Å². The minimum atomic E-state index is -3.71. The van der Waals surface area contributed by atoms with E-state index in [1.165, 1.54) is 0 Å². The van der Waals surface area contributed by atoms with Crippen LogP contribution < -0.4 is 10.5 Å². The summed E-state index contributed by atoms with van der Waals surface area (Å²) in [7, 11) is -3.71. The number of anilines is 1. The van der Waals surface area contributed by atoms with Gasteiger partial charge in [-0.2, -0.15) is 0 Å². The van der Waals surface area contributed by atoms with Crippen molar-refractivity contribution < 1.29 is 8.42 Å². The first-order valence-electron chi connectivity index (χ1n) is 9.34. The third-order valence-electron chi connectivity index (χ3n) is 5.46.